The topological polar surface area (TPSA) is 93.7 Å². The average molecular weight is 335 g/mol. The van der Waals surface area contributed by atoms with E-state index in [4.69, 9.17) is 9.47 Å². The van der Waals surface area contributed by atoms with Crippen molar-refractivity contribution in [3.63, 3.8) is 0 Å². The number of ether oxygens (including phenoxy) is 2. The zero-order valence-corrected chi connectivity index (χ0v) is 13.5. The summed E-state index contributed by atoms with van der Waals surface area (Å²) in [5.41, 5.74) is 0.836. The monoisotopic (exact) mass is 335 g/mol. The van der Waals surface area contributed by atoms with E-state index in [9.17, 15) is 15.0 Å². The van der Waals surface area contributed by atoms with Crippen LogP contribution in [0.2, 0.25) is 0 Å². The summed E-state index contributed by atoms with van der Waals surface area (Å²) in [5.74, 6) is 0.948. The van der Waals surface area contributed by atoms with Crippen LogP contribution in [0, 0.1) is 16.2 Å². The molecule has 0 radical (unpaired) electrons. The molecule has 3 aromatic rings. The smallest absolute Gasteiger partial charge is 0.273 e. The molecule has 0 unspecified atom stereocenters. The maximum Gasteiger partial charge on any atom is 0.273 e. The van der Waals surface area contributed by atoms with Crippen molar-refractivity contribution in [1.82, 2.24) is 4.57 Å². The first-order chi connectivity index (χ1) is 12.1. The fourth-order valence-electron chi connectivity index (χ4n) is 2.64. The molecule has 1 heterocycles. The molecule has 0 bridgehead atoms. The van der Waals surface area contributed by atoms with Gasteiger partial charge in [-0.1, -0.05) is 0 Å². The normalized spacial score (nSPS) is 10.3. The molecule has 0 saturated carbocycles. The highest BCUT2D eigenvalue weighted by Crippen LogP contribution is 2.32. The van der Waals surface area contributed by atoms with Gasteiger partial charge in [0, 0.05) is 17.1 Å². The Morgan fingerprint density at radius 2 is 1.68 bits per heavy atom. The number of nitriles is 1. The highest BCUT2D eigenvalue weighted by atomic mass is 16.5. The lowest BCUT2D eigenvalue weighted by atomic mass is 10.1. The number of nitrogens with zero attached hydrogens (tertiary/aromatic N) is 3. The molecule has 0 amide bonds. The number of nitroso groups, excluding NO2 is 1. The summed E-state index contributed by atoms with van der Waals surface area (Å²) < 4.78 is 12.0. The maximum atomic E-state index is 12.7. The summed E-state index contributed by atoms with van der Waals surface area (Å²) in [6.07, 6.45) is 0. The molecule has 7 heteroatoms. The lowest BCUT2D eigenvalue weighted by molar-refractivity contribution is 0.355. The molecule has 2 aromatic carbocycles. The van der Waals surface area contributed by atoms with Gasteiger partial charge in [-0.2, -0.15) is 5.26 Å². The second kappa shape index (κ2) is 6.45. The van der Waals surface area contributed by atoms with Crippen LogP contribution >= 0.6 is 0 Å². The van der Waals surface area contributed by atoms with E-state index in [1.807, 2.05) is 6.07 Å². The van der Waals surface area contributed by atoms with Crippen LogP contribution in [-0.4, -0.2) is 18.8 Å². The molecule has 3 rings (SSSR count). The lowest BCUT2D eigenvalue weighted by Crippen LogP contribution is -2.21. The number of hydrogen-bond acceptors (Lipinski definition) is 6. The largest absolute Gasteiger partial charge is 0.493 e. The third-order valence-electron chi connectivity index (χ3n) is 3.84. The maximum absolute atomic E-state index is 12.7. The first-order valence-corrected chi connectivity index (χ1v) is 7.28. The van der Waals surface area contributed by atoms with E-state index in [2.05, 4.69) is 5.18 Å². The van der Waals surface area contributed by atoms with Gasteiger partial charge in [0.25, 0.3) is 5.56 Å². The molecule has 124 valence electrons. The van der Waals surface area contributed by atoms with Crippen molar-refractivity contribution in [2.24, 2.45) is 5.18 Å². The van der Waals surface area contributed by atoms with Crippen molar-refractivity contribution >= 4 is 16.6 Å². The van der Waals surface area contributed by atoms with Crippen molar-refractivity contribution in [2.45, 2.75) is 0 Å². The summed E-state index contributed by atoms with van der Waals surface area (Å²) in [4.78, 5) is 23.3. The molecule has 0 aliphatic heterocycles. The summed E-state index contributed by atoms with van der Waals surface area (Å²) in [7, 11) is 3.01. The average Bonchev–Trinajstić information content (AvgIpc) is 2.66. The molecule has 7 nitrogen and oxygen atoms in total. The molecule has 0 saturated heterocycles. The molecule has 25 heavy (non-hydrogen) atoms. The predicted octanol–water partition coefficient (Wildman–Crippen LogP) is 3.28. The van der Waals surface area contributed by atoms with E-state index in [1.165, 1.54) is 37.0 Å². The Bertz CT molecular complexity index is 1060. The third kappa shape index (κ3) is 2.70. The Kier molecular flexibility index (Phi) is 4.18. The summed E-state index contributed by atoms with van der Waals surface area (Å²) in [6.45, 7) is 0. The fraction of sp³-hybridized carbons (Fsp3) is 0.111. The quantitative estimate of drug-likeness (QED) is 0.682. The van der Waals surface area contributed by atoms with Crippen LogP contribution in [0.1, 0.15) is 5.56 Å². The second-order valence-electron chi connectivity index (χ2n) is 5.18. The number of pyridine rings is 1. The van der Waals surface area contributed by atoms with E-state index in [1.54, 1.807) is 24.3 Å². The van der Waals surface area contributed by atoms with Crippen LogP contribution < -0.4 is 15.0 Å². The molecule has 0 spiro atoms. The van der Waals surface area contributed by atoms with Crippen molar-refractivity contribution in [3.05, 3.63) is 63.3 Å². The third-order valence-corrected chi connectivity index (χ3v) is 3.84. The Morgan fingerprint density at radius 1 is 1.04 bits per heavy atom. The van der Waals surface area contributed by atoms with E-state index >= 15 is 0 Å². The van der Waals surface area contributed by atoms with E-state index in [-0.39, 0.29) is 11.3 Å². The highest BCUT2D eigenvalue weighted by Gasteiger charge is 2.15. The minimum atomic E-state index is -0.464. The van der Waals surface area contributed by atoms with Gasteiger partial charge < -0.3 is 9.47 Å². The predicted molar refractivity (Wildman–Crippen MR) is 92.8 cm³/mol. The van der Waals surface area contributed by atoms with Crippen LogP contribution in [-0.2, 0) is 0 Å². The van der Waals surface area contributed by atoms with Crippen molar-refractivity contribution in [3.8, 4) is 23.3 Å². The summed E-state index contributed by atoms with van der Waals surface area (Å²) in [6, 6.07) is 13.0. The minimum Gasteiger partial charge on any atom is -0.493 e. The first kappa shape index (κ1) is 16.2. The van der Waals surface area contributed by atoms with Crippen molar-refractivity contribution in [1.29, 1.82) is 5.26 Å². The second-order valence-corrected chi connectivity index (χ2v) is 5.18. The van der Waals surface area contributed by atoms with Crippen LogP contribution in [0.15, 0.2) is 52.4 Å². The molecule has 0 atom stereocenters. The van der Waals surface area contributed by atoms with Gasteiger partial charge in [-0.15, -0.1) is 4.91 Å². The Balaban J connectivity index is 2.41. The Hall–Kier alpha value is -3.66. The summed E-state index contributed by atoms with van der Waals surface area (Å²) in [5, 5.41) is 12.8. The van der Waals surface area contributed by atoms with Crippen molar-refractivity contribution < 1.29 is 9.47 Å². The number of rotatable bonds is 4. The number of aromatic nitrogens is 1. The zero-order chi connectivity index (χ0) is 18.0. The van der Waals surface area contributed by atoms with Gasteiger partial charge in [0.2, 0.25) is 0 Å². The van der Waals surface area contributed by atoms with Crippen LogP contribution in [0.25, 0.3) is 16.6 Å². The molecular formula is C18H13N3O4. The van der Waals surface area contributed by atoms with Gasteiger partial charge in [0.05, 0.1) is 19.7 Å². The van der Waals surface area contributed by atoms with Crippen LogP contribution in [0.4, 0.5) is 5.69 Å². The van der Waals surface area contributed by atoms with Crippen LogP contribution in [0.3, 0.4) is 0 Å². The van der Waals surface area contributed by atoms with E-state index in [0.29, 0.717) is 28.1 Å². The van der Waals surface area contributed by atoms with Crippen molar-refractivity contribution in [2.75, 3.05) is 14.2 Å². The number of fused-ring (bicyclic) bond motifs is 1. The fourth-order valence-corrected chi connectivity index (χ4v) is 2.64. The zero-order valence-electron chi connectivity index (χ0n) is 13.5. The van der Waals surface area contributed by atoms with Gasteiger partial charge in [0.15, 0.2) is 11.5 Å². The lowest BCUT2D eigenvalue weighted by Gasteiger charge is -2.14. The number of benzene rings is 2. The standard InChI is InChI=1S/C18H13N3O4/c1-24-16-8-11-7-12(10-19)18(22)21(15(11)9-17(16)25-2)14-5-3-13(20-23)4-6-14/h3-9H,1-2H3. The van der Waals surface area contributed by atoms with E-state index < -0.39 is 5.56 Å². The molecule has 1 aromatic heterocycles. The molecule has 0 aliphatic rings. The highest BCUT2D eigenvalue weighted by molar-refractivity contribution is 5.85. The minimum absolute atomic E-state index is 0.00249. The molecular weight excluding hydrogens is 322 g/mol. The van der Waals surface area contributed by atoms with E-state index in [0.717, 1.165) is 0 Å². The molecule has 0 aliphatic carbocycles. The van der Waals surface area contributed by atoms with Gasteiger partial charge in [-0.05, 0) is 41.6 Å². The van der Waals surface area contributed by atoms with Gasteiger partial charge in [-0.3, -0.25) is 9.36 Å². The number of methoxy groups -OCH3 is 2. The number of hydrogen-bond donors (Lipinski definition) is 0. The van der Waals surface area contributed by atoms with Gasteiger partial charge in [-0.25, -0.2) is 0 Å². The Labute approximate surface area is 142 Å². The Morgan fingerprint density at radius 3 is 2.24 bits per heavy atom. The first-order valence-electron chi connectivity index (χ1n) is 7.28. The van der Waals surface area contributed by atoms with Gasteiger partial charge >= 0.3 is 0 Å². The summed E-state index contributed by atoms with van der Waals surface area (Å²) >= 11 is 0. The SMILES string of the molecule is COc1cc2cc(C#N)c(=O)n(-c3ccc(N=O)cc3)c2cc1OC. The van der Waals surface area contributed by atoms with Gasteiger partial charge in [0.1, 0.15) is 17.3 Å². The molecule has 0 N–H and O–H groups in total. The van der Waals surface area contributed by atoms with Crippen LogP contribution in [0.5, 0.6) is 11.5 Å². The molecule has 0 fully saturated rings.